The molecule has 6 nitrogen and oxygen atoms in total. The summed E-state index contributed by atoms with van der Waals surface area (Å²) in [7, 11) is 0. The number of fused-ring (bicyclic) bond motifs is 1. The van der Waals surface area contributed by atoms with Crippen LogP contribution in [0.25, 0.3) is 0 Å². The Labute approximate surface area is 162 Å². The van der Waals surface area contributed by atoms with Crippen molar-refractivity contribution in [2.24, 2.45) is 16.7 Å². The number of allylic oxidation sites excluding steroid dienone is 1. The van der Waals surface area contributed by atoms with Gasteiger partial charge in [0, 0.05) is 0 Å². The Balaban J connectivity index is 2.22. The van der Waals surface area contributed by atoms with E-state index in [1.54, 1.807) is 0 Å². The van der Waals surface area contributed by atoms with E-state index in [0.29, 0.717) is 5.92 Å². The molecular weight excluding hydrogens is 348 g/mol. The van der Waals surface area contributed by atoms with E-state index < -0.39 is 37.6 Å². The van der Waals surface area contributed by atoms with Gasteiger partial charge in [-0.25, -0.2) is 0 Å². The molecule has 0 amide bonds. The molecule has 0 unspecified atom stereocenters. The number of ether oxygens (including phenoxy) is 1. The lowest BCUT2D eigenvalue weighted by molar-refractivity contribution is -0.148. The third kappa shape index (κ3) is 4.57. The molecule has 6 heteroatoms. The smallest absolute Gasteiger partial charge is 0.114 e. The molecule has 0 aromatic heterocycles. The fourth-order valence-electron chi connectivity index (χ4n) is 5.53. The van der Waals surface area contributed by atoms with Crippen molar-refractivity contribution in [3.63, 3.8) is 0 Å². The molecule has 2 rings (SSSR count). The van der Waals surface area contributed by atoms with Crippen molar-refractivity contribution < 1.29 is 30.3 Å². The zero-order valence-corrected chi connectivity index (χ0v) is 17.2. The van der Waals surface area contributed by atoms with Crippen LogP contribution in [0.5, 0.6) is 0 Å². The summed E-state index contributed by atoms with van der Waals surface area (Å²) >= 11 is 0. The quantitative estimate of drug-likeness (QED) is 0.403. The van der Waals surface area contributed by atoms with E-state index in [1.165, 1.54) is 17.6 Å². The largest absolute Gasteiger partial charge is 0.394 e. The summed E-state index contributed by atoms with van der Waals surface area (Å²) in [5.74, 6) is 0.551. The van der Waals surface area contributed by atoms with E-state index >= 15 is 0 Å². The van der Waals surface area contributed by atoms with E-state index in [4.69, 9.17) is 9.84 Å². The van der Waals surface area contributed by atoms with Gasteiger partial charge in [0.1, 0.15) is 24.4 Å². The summed E-state index contributed by atoms with van der Waals surface area (Å²) in [6, 6.07) is 0. The van der Waals surface area contributed by atoms with Crippen LogP contribution in [0.4, 0.5) is 0 Å². The summed E-state index contributed by atoms with van der Waals surface area (Å²) < 4.78 is 5.88. The van der Waals surface area contributed by atoms with E-state index in [2.05, 4.69) is 27.7 Å². The van der Waals surface area contributed by atoms with Crippen LogP contribution in [0.15, 0.2) is 11.1 Å². The van der Waals surface area contributed by atoms with Crippen LogP contribution in [0.3, 0.4) is 0 Å². The van der Waals surface area contributed by atoms with Gasteiger partial charge in [0.25, 0.3) is 0 Å². The molecule has 5 N–H and O–H groups in total. The van der Waals surface area contributed by atoms with Gasteiger partial charge in [-0.3, -0.25) is 0 Å². The first-order valence-electron chi connectivity index (χ1n) is 10.1. The van der Waals surface area contributed by atoms with Gasteiger partial charge in [-0.1, -0.05) is 32.8 Å². The maximum atomic E-state index is 10.2. The highest BCUT2D eigenvalue weighted by molar-refractivity contribution is 5.27. The monoisotopic (exact) mass is 386 g/mol. The maximum absolute atomic E-state index is 10.2. The van der Waals surface area contributed by atoms with Gasteiger partial charge in [0.15, 0.2) is 0 Å². The van der Waals surface area contributed by atoms with Crippen molar-refractivity contribution in [2.75, 3.05) is 19.8 Å². The zero-order chi connectivity index (χ0) is 20.4. The van der Waals surface area contributed by atoms with Crippen LogP contribution in [-0.2, 0) is 4.74 Å². The minimum Gasteiger partial charge on any atom is -0.394 e. The predicted octanol–water partition coefficient (Wildman–Crippen LogP) is 1.38. The van der Waals surface area contributed by atoms with Crippen molar-refractivity contribution >= 4 is 0 Å². The molecule has 0 bridgehead atoms. The number of hydrogen-bond acceptors (Lipinski definition) is 6. The average Bonchev–Trinajstić information content (AvgIpc) is 2.61. The molecule has 158 valence electrons. The van der Waals surface area contributed by atoms with Crippen LogP contribution >= 0.6 is 0 Å². The summed E-state index contributed by atoms with van der Waals surface area (Å²) in [4.78, 5) is 0. The Morgan fingerprint density at radius 1 is 1.04 bits per heavy atom. The lowest BCUT2D eigenvalue weighted by atomic mass is 9.50. The topological polar surface area (TPSA) is 110 Å². The number of aliphatic hydroxyl groups excluding tert-OH is 5. The second-order valence-corrected chi connectivity index (χ2v) is 9.38. The molecule has 2 aliphatic carbocycles. The SMILES string of the molecule is CC1=C(CO[C@@H]([C@H](O)[C@H](O)CO)[C@H](O)CO)[C@@]2(C)CCCC(C)(C)[C@@H]2CC1. The van der Waals surface area contributed by atoms with Crippen LogP contribution in [0.2, 0.25) is 0 Å². The Morgan fingerprint density at radius 3 is 2.26 bits per heavy atom. The second-order valence-electron chi connectivity index (χ2n) is 9.38. The van der Waals surface area contributed by atoms with Gasteiger partial charge in [0.05, 0.1) is 19.8 Å². The molecular formula is C21H38O6. The first-order valence-corrected chi connectivity index (χ1v) is 10.1. The Bertz CT molecular complexity index is 531. The third-order valence-electron chi connectivity index (χ3n) is 7.15. The summed E-state index contributed by atoms with van der Waals surface area (Å²) in [5, 5.41) is 48.5. The lowest BCUT2D eigenvalue weighted by Gasteiger charge is -2.55. The molecule has 0 spiro atoms. The average molecular weight is 387 g/mol. The van der Waals surface area contributed by atoms with E-state index in [-0.39, 0.29) is 17.4 Å². The molecule has 0 saturated heterocycles. The van der Waals surface area contributed by atoms with Crippen molar-refractivity contribution in [3.8, 4) is 0 Å². The molecule has 6 atom stereocenters. The zero-order valence-electron chi connectivity index (χ0n) is 17.2. The van der Waals surface area contributed by atoms with Crippen molar-refractivity contribution in [2.45, 2.75) is 84.2 Å². The van der Waals surface area contributed by atoms with Crippen LogP contribution in [-0.4, -0.2) is 69.8 Å². The minimum atomic E-state index is -1.48. The van der Waals surface area contributed by atoms with Gasteiger partial charge >= 0.3 is 0 Å². The van der Waals surface area contributed by atoms with Crippen LogP contribution in [0.1, 0.15) is 59.8 Å². The molecule has 0 heterocycles. The summed E-state index contributed by atoms with van der Waals surface area (Å²) in [6.07, 6.45) is 0.216. The highest BCUT2D eigenvalue weighted by atomic mass is 16.5. The molecule has 2 aliphatic rings. The molecule has 0 aliphatic heterocycles. The fraction of sp³-hybridized carbons (Fsp3) is 0.905. The summed E-state index contributed by atoms with van der Waals surface area (Å²) in [5.41, 5.74) is 2.78. The van der Waals surface area contributed by atoms with E-state index in [0.717, 1.165) is 25.7 Å². The van der Waals surface area contributed by atoms with Crippen LogP contribution in [0, 0.1) is 16.7 Å². The molecule has 0 aromatic rings. The standard InChI is InChI=1S/C21H38O6/c1-13-6-7-17-20(2,3)8-5-9-21(17,4)14(13)12-27-19(16(25)11-23)18(26)15(24)10-22/h15-19,22-26H,5-12H2,1-4H3/t15-,16-,17+,18-,19-,21-/m1/s1. The second kappa shape index (κ2) is 8.89. The van der Waals surface area contributed by atoms with Gasteiger partial charge in [0.2, 0.25) is 0 Å². The molecule has 1 saturated carbocycles. The highest BCUT2D eigenvalue weighted by Crippen LogP contribution is 2.59. The van der Waals surface area contributed by atoms with Gasteiger partial charge in [-0.2, -0.15) is 0 Å². The van der Waals surface area contributed by atoms with Gasteiger partial charge < -0.3 is 30.3 Å². The first kappa shape index (κ1) is 22.8. The van der Waals surface area contributed by atoms with Gasteiger partial charge in [-0.15, -0.1) is 0 Å². The lowest BCUT2D eigenvalue weighted by Crippen LogP contribution is -2.50. The molecule has 1 fully saturated rings. The summed E-state index contributed by atoms with van der Waals surface area (Å²) in [6.45, 7) is 8.11. The highest BCUT2D eigenvalue weighted by Gasteiger charge is 2.50. The molecule has 0 radical (unpaired) electrons. The third-order valence-corrected chi connectivity index (χ3v) is 7.15. The van der Waals surface area contributed by atoms with E-state index in [9.17, 15) is 20.4 Å². The van der Waals surface area contributed by atoms with Crippen molar-refractivity contribution in [1.29, 1.82) is 0 Å². The number of hydrogen-bond donors (Lipinski definition) is 5. The number of rotatable bonds is 8. The Morgan fingerprint density at radius 2 is 1.67 bits per heavy atom. The first-order chi connectivity index (χ1) is 12.6. The number of aliphatic hydroxyl groups is 5. The van der Waals surface area contributed by atoms with Crippen molar-refractivity contribution in [3.05, 3.63) is 11.1 Å². The minimum absolute atomic E-state index is 0.0132. The van der Waals surface area contributed by atoms with Crippen molar-refractivity contribution in [1.82, 2.24) is 0 Å². The molecule has 0 aromatic carbocycles. The normalized spacial score (nSPS) is 32.6. The van der Waals surface area contributed by atoms with E-state index in [1.807, 2.05) is 0 Å². The Hall–Kier alpha value is -0.500. The fourth-order valence-corrected chi connectivity index (χ4v) is 5.53. The molecule has 27 heavy (non-hydrogen) atoms. The van der Waals surface area contributed by atoms with Crippen LogP contribution < -0.4 is 0 Å². The Kier molecular flexibility index (Phi) is 7.50. The maximum Gasteiger partial charge on any atom is 0.114 e. The predicted molar refractivity (Wildman–Crippen MR) is 103 cm³/mol. The van der Waals surface area contributed by atoms with Gasteiger partial charge in [-0.05, 0) is 54.9 Å².